The van der Waals surface area contributed by atoms with Gasteiger partial charge in [-0.05, 0) is 55.6 Å². The summed E-state index contributed by atoms with van der Waals surface area (Å²) in [6, 6.07) is 18.0. The third kappa shape index (κ3) is 4.23. The fourth-order valence-electron chi connectivity index (χ4n) is 4.06. The predicted octanol–water partition coefficient (Wildman–Crippen LogP) is 4.81. The summed E-state index contributed by atoms with van der Waals surface area (Å²) in [5.74, 6) is 0.607. The number of rotatable bonds is 5. The highest BCUT2D eigenvalue weighted by atomic mass is 35.5. The van der Waals surface area contributed by atoms with E-state index in [9.17, 15) is 4.79 Å². The average Bonchev–Trinajstić information content (AvgIpc) is 3.15. The number of hydrogen-bond acceptors (Lipinski definition) is 2. The smallest absolute Gasteiger partial charge is 0.270 e. The Labute approximate surface area is 171 Å². The number of nitrogens with zero attached hydrogens (tertiary/aromatic N) is 2. The highest BCUT2D eigenvalue weighted by molar-refractivity contribution is 6.31. The first kappa shape index (κ1) is 19.0. The summed E-state index contributed by atoms with van der Waals surface area (Å²) in [7, 11) is 1.91. The Hall–Kier alpha value is -2.30. The number of nitrogens with one attached hydrogen (secondary N) is 1. The fourth-order valence-corrected chi connectivity index (χ4v) is 4.25. The van der Waals surface area contributed by atoms with Gasteiger partial charge in [0.25, 0.3) is 5.91 Å². The summed E-state index contributed by atoms with van der Waals surface area (Å²) >= 11 is 6.29. The Bertz CT molecular complexity index is 926. The second-order valence-electron chi connectivity index (χ2n) is 7.77. The molecule has 0 radical (unpaired) electrons. The molecule has 1 aromatic heterocycles. The molecule has 1 saturated heterocycles. The molecular formula is C23H26ClN3O. The molecule has 4 rings (SSSR count). The van der Waals surface area contributed by atoms with Crippen LogP contribution in [0.5, 0.6) is 0 Å². The molecule has 0 atom stereocenters. The SMILES string of the molecule is CN(CC1CCN(Cc2ccccc2Cl)CC1)C(=O)c1cc2ccccc2[nH]1. The molecule has 0 spiro atoms. The second-order valence-corrected chi connectivity index (χ2v) is 8.17. The predicted molar refractivity (Wildman–Crippen MR) is 115 cm³/mol. The maximum atomic E-state index is 12.8. The van der Waals surface area contributed by atoms with Crippen LogP contribution in [0.15, 0.2) is 54.6 Å². The standard InChI is InChI=1S/C23H26ClN3O/c1-26(23(28)22-14-18-6-3-5-9-21(18)25-22)15-17-10-12-27(13-11-17)16-19-7-2-4-8-20(19)24/h2-9,14,17,25H,10-13,15-16H2,1H3. The molecule has 5 heteroatoms. The zero-order chi connectivity index (χ0) is 19.5. The summed E-state index contributed by atoms with van der Waals surface area (Å²) in [5.41, 5.74) is 2.86. The molecular weight excluding hydrogens is 370 g/mol. The molecule has 1 aliphatic rings. The third-order valence-electron chi connectivity index (χ3n) is 5.70. The maximum absolute atomic E-state index is 12.8. The van der Waals surface area contributed by atoms with Crippen LogP contribution in [0.2, 0.25) is 5.02 Å². The number of piperidine rings is 1. The molecule has 1 aliphatic heterocycles. The quantitative estimate of drug-likeness (QED) is 0.673. The summed E-state index contributed by atoms with van der Waals surface area (Å²) in [6.45, 7) is 3.79. The van der Waals surface area contributed by atoms with E-state index in [1.54, 1.807) is 0 Å². The first-order valence-corrected chi connectivity index (χ1v) is 10.3. The minimum atomic E-state index is 0.0645. The van der Waals surface area contributed by atoms with Gasteiger partial charge in [-0.15, -0.1) is 0 Å². The van der Waals surface area contributed by atoms with Gasteiger partial charge in [-0.1, -0.05) is 48.0 Å². The molecule has 2 heterocycles. The molecule has 3 aromatic rings. The number of likely N-dealkylation sites (tertiary alicyclic amines) is 1. The molecule has 2 aromatic carbocycles. The topological polar surface area (TPSA) is 39.3 Å². The summed E-state index contributed by atoms with van der Waals surface area (Å²) < 4.78 is 0. The van der Waals surface area contributed by atoms with Gasteiger partial charge in [0.1, 0.15) is 5.69 Å². The molecule has 0 saturated carbocycles. The van der Waals surface area contributed by atoms with Crippen LogP contribution < -0.4 is 0 Å². The lowest BCUT2D eigenvalue weighted by Crippen LogP contribution is -2.39. The summed E-state index contributed by atoms with van der Waals surface area (Å²) in [6.07, 6.45) is 2.21. The molecule has 1 N–H and O–H groups in total. The number of carbonyl (C=O) groups is 1. The molecule has 0 aliphatic carbocycles. The Morgan fingerprint density at radius 2 is 1.86 bits per heavy atom. The van der Waals surface area contributed by atoms with Crippen LogP contribution in [0.3, 0.4) is 0 Å². The Morgan fingerprint density at radius 1 is 1.14 bits per heavy atom. The lowest BCUT2D eigenvalue weighted by molar-refractivity contribution is 0.0733. The van der Waals surface area contributed by atoms with Crippen molar-refractivity contribution in [1.82, 2.24) is 14.8 Å². The van der Waals surface area contributed by atoms with Crippen LogP contribution in [-0.4, -0.2) is 47.4 Å². The molecule has 0 bridgehead atoms. The normalized spacial score (nSPS) is 15.8. The number of aromatic nitrogens is 1. The fraction of sp³-hybridized carbons (Fsp3) is 0.348. The van der Waals surface area contributed by atoms with Crippen molar-refractivity contribution < 1.29 is 4.79 Å². The molecule has 1 fully saturated rings. The summed E-state index contributed by atoms with van der Waals surface area (Å²) in [5, 5.41) is 1.92. The van der Waals surface area contributed by atoms with Crippen molar-refractivity contribution in [2.45, 2.75) is 19.4 Å². The molecule has 28 heavy (non-hydrogen) atoms. The van der Waals surface area contributed by atoms with E-state index in [4.69, 9.17) is 11.6 Å². The number of para-hydroxylation sites is 1. The van der Waals surface area contributed by atoms with Crippen LogP contribution in [0.25, 0.3) is 10.9 Å². The van der Waals surface area contributed by atoms with E-state index in [0.717, 1.165) is 54.9 Å². The van der Waals surface area contributed by atoms with E-state index in [-0.39, 0.29) is 5.91 Å². The first-order valence-electron chi connectivity index (χ1n) is 9.89. The highest BCUT2D eigenvalue weighted by Gasteiger charge is 2.23. The third-order valence-corrected chi connectivity index (χ3v) is 6.07. The van der Waals surface area contributed by atoms with Crippen molar-refractivity contribution in [2.75, 3.05) is 26.7 Å². The van der Waals surface area contributed by atoms with E-state index in [1.807, 2.05) is 60.5 Å². The van der Waals surface area contributed by atoms with Crippen LogP contribution in [0.4, 0.5) is 0 Å². The number of fused-ring (bicyclic) bond motifs is 1. The zero-order valence-electron chi connectivity index (χ0n) is 16.2. The lowest BCUT2D eigenvalue weighted by Gasteiger charge is -2.34. The van der Waals surface area contributed by atoms with Crippen LogP contribution in [0.1, 0.15) is 28.9 Å². The Balaban J connectivity index is 1.30. The Morgan fingerprint density at radius 3 is 2.61 bits per heavy atom. The monoisotopic (exact) mass is 395 g/mol. The minimum absolute atomic E-state index is 0.0645. The van der Waals surface area contributed by atoms with E-state index < -0.39 is 0 Å². The van der Waals surface area contributed by atoms with Crippen molar-refractivity contribution >= 4 is 28.4 Å². The van der Waals surface area contributed by atoms with Gasteiger partial charge < -0.3 is 9.88 Å². The van der Waals surface area contributed by atoms with Crippen molar-refractivity contribution in [3.63, 3.8) is 0 Å². The van der Waals surface area contributed by atoms with Crippen molar-refractivity contribution in [2.24, 2.45) is 5.92 Å². The Kier molecular flexibility index (Phi) is 5.69. The van der Waals surface area contributed by atoms with Crippen LogP contribution in [-0.2, 0) is 6.54 Å². The highest BCUT2D eigenvalue weighted by Crippen LogP contribution is 2.23. The maximum Gasteiger partial charge on any atom is 0.270 e. The zero-order valence-corrected chi connectivity index (χ0v) is 17.0. The summed E-state index contributed by atoms with van der Waals surface area (Å²) in [4.78, 5) is 20.4. The minimum Gasteiger partial charge on any atom is -0.351 e. The number of halogens is 1. The van der Waals surface area contributed by atoms with Crippen molar-refractivity contribution in [1.29, 1.82) is 0 Å². The van der Waals surface area contributed by atoms with Crippen LogP contribution >= 0.6 is 11.6 Å². The van der Waals surface area contributed by atoms with Gasteiger partial charge in [-0.2, -0.15) is 0 Å². The van der Waals surface area contributed by atoms with Gasteiger partial charge >= 0.3 is 0 Å². The van der Waals surface area contributed by atoms with Crippen molar-refractivity contribution in [3.05, 3.63) is 70.9 Å². The van der Waals surface area contributed by atoms with Gasteiger partial charge in [0.05, 0.1) is 0 Å². The largest absolute Gasteiger partial charge is 0.351 e. The van der Waals surface area contributed by atoms with E-state index in [1.165, 1.54) is 5.56 Å². The van der Waals surface area contributed by atoms with Crippen molar-refractivity contribution in [3.8, 4) is 0 Å². The number of hydrogen-bond donors (Lipinski definition) is 1. The number of aromatic amines is 1. The van der Waals surface area contributed by atoms with Gasteiger partial charge in [-0.25, -0.2) is 0 Å². The van der Waals surface area contributed by atoms with Crippen LogP contribution in [0, 0.1) is 5.92 Å². The molecule has 4 nitrogen and oxygen atoms in total. The number of H-pyrrole nitrogens is 1. The lowest BCUT2D eigenvalue weighted by atomic mass is 9.96. The number of carbonyl (C=O) groups excluding carboxylic acids is 1. The average molecular weight is 396 g/mol. The molecule has 146 valence electrons. The number of benzene rings is 2. The van der Waals surface area contributed by atoms with Gasteiger partial charge in [0.2, 0.25) is 0 Å². The number of amides is 1. The first-order chi connectivity index (χ1) is 13.6. The second kappa shape index (κ2) is 8.38. The van der Waals surface area contributed by atoms with E-state index in [2.05, 4.69) is 16.0 Å². The van der Waals surface area contributed by atoms with Gasteiger partial charge in [0.15, 0.2) is 0 Å². The van der Waals surface area contributed by atoms with E-state index >= 15 is 0 Å². The van der Waals surface area contributed by atoms with Gasteiger partial charge in [-0.3, -0.25) is 9.69 Å². The van der Waals surface area contributed by atoms with Gasteiger partial charge in [0, 0.05) is 36.1 Å². The molecule has 0 unspecified atom stereocenters. The van der Waals surface area contributed by atoms with E-state index in [0.29, 0.717) is 11.6 Å². The molecule has 1 amide bonds.